The van der Waals surface area contributed by atoms with Crippen LogP contribution in [0.15, 0.2) is 0 Å². The predicted octanol–water partition coefficient (Wildman–Crippen LogP) is 4.61. The number of nitrogens with zero attached hydrogens (tertiary/aromatic N) is 1. The van der Waals surface area contributed by atoms with E-state index >= 15 is 0 Å². The van der Waals surface area contributed by atoms with E-state index in [2.05, 4.69) is 0 Å². The predicted molar refractivity (Wildman–Crippen MR) is 78.4 cm³/mol. The Morgan fingerprint density at radius 3 is 1.96 bits per heavy atom. The Morgan fingerprint density at radius 2 is 1.50 bits per heavy atom. The van der Waals surface area contributed by atoms with E-state index in [0.717, 1.165) is 0 Å². The second-order valence-electron chi connectivity index (χ2n) is 7.37. The molecule has 1 fully saturated rings. The molecule has 1 aliphatic rings. The molecule has 154 valence electrons. The molecule has 26 heavy (non-hydrogen) atoms. The summed E-state index contributed by atoms with van der Waals surface area (Å²) in [7, 11) is -1.33. The Kier molecular flexibility index (Phi) is 6.25. The van der Waals surface area contributed by atoms with Crippen LogP contribution in [0.1, 0.15) is 12.8 Å². The molecule has 0 bridgehead atoms. The van der Waals surface area contributed by atoms with Gasteiger partial charge in [0.1, 0.15) is 13.5 Å². The molecule has 0 aromatic carbocycles. The van der Waals surface area contributed by atoms with Crippen LogP contribution < -0.4 is 0 Å². The molecular formula is C14H20F9NOSi. The Labute approximate surface area is 145 Å². The molecule has 0 spiro atoms. The van der Waals surface area contributed by atoms with Crippen LogP contribution in [-0.4, -0.2) is 62.5 Å². The molecule has 0 amide bonds. The first-order valence-corrected chi connectivity index (χ1v) is 11.0. The fraction of sp³-hybridized carbons (Fsp3) is 0.929. The summed E-state index contributed by atoms with van der Waals surface area (Å²) in [4.78, 5) is 13.9. The summed E-state index contributed by atoms with van der Waals surface area (Å²) in [6.07, 6.45) is -8.34. The van der Waals surface area contributed by atoms with Gasteiger partial charge in [-0.15, -0.1) is 0 Å². The molecule has 2 nitrogen and oxygen atoms in total. The Hall–Kier alpha value is -0.783. The minimum Gasteiger partial charge on any atom is -0.306 e. The second-order valence-corrected chi connectivity index (χ2v) is 12.1. The largest absolute Gasteiger partial charge is 0.460 e. The van der Waals surface area contributed by atoms with Crippen molar-refractivity contribution in [3.63, 3.8) is 0 Å². The van der Waals surface area contributed by atoms with Gasteiger partial charge in [-0.05, 0) is 26.1 Å². The van der Waals surface area contributed by atoms with Gasteiger partial charge in [0.25, 0.3) is 0 Å². The molecule has 1 rings (SSSR count). The standard InChI is InChI=1S/C14H20F9NOSi/c1-24-5-4-6-26(2,3)10(25)9(8-24)7-11(15,16)12(17,18)13(19,20)14(21,22)23/h9H,4-8H2,1-3H3. The number of alkyl halides is 9. The number of hydrogen-bond acceptors (Lipinski definition) is 2. The van der Waals surface area contributed by atoms with Gasteiger partial charge in [-0.1, -0.05) is 13.1 Å². The first kappa shape index (κ1) is 23.3. The van der Waals surface area contributed by atoms with Crippen LogP contribution in [-0.2, 0) is 4.79 Å². The summed E-state index contributed by atoms with van der Waals surface area (Å²) < 4.78 is 117. The molecule has 1 aliphatic heterocycles. The van der Waals surface area contributed by atoms with Crippen molar-refractivity contribution in [1.29, 1.82) is 0 Å². The molecular weight excluding hydrogens is 397 g/mol. The van der Waals surface area contributed by atoms with E-state index in [9.17, 15) is 44.3 Å². The van der Waals surface area contributed by atoms with E-state index in [1.165, 1.54) is 25.0 Å². The van der Waals surface area contributed by atoms with Gasteiger partial charge < -0.3 is 9.69 Å². The highest BCUT2D eigenvalue weighted by molar-refractivity contribution is 7.04. The summed E-state index contributed by atoms with van der Waals surface area (Å²) in [6.45, 7) is 3.04. The normalized spacial score (nSPS) is 24.3. The molecule has 0 saturated carbocycles. The van der Waals surface area contributed by atoms with Gasteiger partial charge >= 0.3 is 23.9 Å². The minimum atomic E-state index is -6.92. The number of halogens is 9. The van der Waals surface area contributed by atoms with Crippen molar-refractivity contribution < 1.29 is 44.3 Å². The molecule has 1 saturated heterocycles. The van der Waals surface area contributed by atoms with Crippen LogP contribution in [0.25, 0.3) is 0 Å². The number of hydrogen-bond donors (Lipinski definition) is 0. The van der Waals surface area contributed by atoms with Gasteiger partial charge in [-0.3, -0.25) is 0 Å². The third kappa shape index (κ3) is 4.20. The van der Waals surface area contributed by atoms with Crippen molar-refractivity contribution in [2.45, 2.75) is 55.9 Å². The number of carbonyl (C=O) groups excluding carboxylic acids is 1. The molecule has 1 heterocycles. The molecule has 0 radical (unpaired) electrons. The van der Waals surface area contributed by atoms with Crippen molar-refractivity contribution in [3.8, 4) is 0 Å². The van der Waals surface area contributed by atoms with E-state index in [-0.39, 0.29) is 0 Å². The van der Waals surface area contributed by atoms with E-state index in [1.54, 1.807) is 0 Å². The van der Waals surface area contributed by atoms with E-state index in [1.807, 2.05) is 0 Å². The van der Waals surface area contributed by atoms with E-state index < -0.39 is 56.3 Å². The summed E-state index contributed by atoms with van der Waals surface area (Å²) in [5.74, 6) is -21.1. The number of rotatable bonds is 4. The van der Waals surface area contributed by atoms with Crippen LogP contribution in [0.3, 0.4) is 0 Å². The number of carbonyl (C=O) groups is 1. The van der Waals surface area contributed by atoms with Gasteiger partial charge in [0.15, 0.2) is 0 Å². The first-order valence-electron chi connectivity index (χ1n) is 7.80. The van der Waals surface area contributed by atoms with Gasteiger partial charge in [0, 0.05) is 18.9 Å². The summed E-state index contributed by atoms with van der Waals surface area (Å²) in [5.41, 5.74) is 0. The van der Waals surface area contributed by atoms with Crippen LogP contribution in [0, 0.1) is 5.92 Å². The molecule has 1 unspecified atom stereocenters. The van der Waals surface area contributed by atoms with E-state index in [0.29, 0.717) is 19.0 Å². The maximum absolute atomic E-state index is 13.9. The quantitative estimate of drug-likeness (QED) is 0.492. The van der Waals surface area contributed by atoms with Crippen molar-refractivity contribution in [1.82, 2.24) is 4.90 Å². The molecule has 1 atom stereocenters. The minimum absolute atomic E-state index is 0.376. The molecule has 12 heteroatoms. The topological polar surface area (TPSA) is 20.3 Å². The zero-order valence-corrected chi connectivity index (χ0v) is 15.4. The average molecular weight is 417 g/mol. The lowest BCUT2D eigenvalue weighted by Crippen LogP contribution is -2.62. The summed E-state index contributed by atoms with van der Waals surface area (Å²) in [6, 6.07) is 0.382. The lowest BCUT2D eigenvalue weighted by molar-refractivity contribution is -0.397. The van der Waals surface area contributed by atoms with Crippen molar-refractivity contribution in [2.24, 2.45) is 5.92 Å². The third-order valence-electron chi connectivity index (χ3n) is 4.62. The Bertz CT molecular complexity index is 533. The monoisotopic (exact) mass is 417 g/mol. The molecule has 0 aromatic rings. The van der Waals surface area contributed by atoms with Crippen molar-refractivity contribution >= 4 is 13.5 Å². The lowest BCUT2D eigenvalue weighted by Gasteiger charge is -2.38. The maximum Gasteiger partial charge on any atom is 0.460 e. The molecule has 0 aromatic heterocycles. The van der Waals surface area contributed by atoms with Crippen LogP contribution in [0.5, 0.6) is 0 Å². The van der Waals surface area contributed by atoms with Crippen LogP contribution in [0.2, 0.25) is 19.1 Å². The Morgan fingerprint density at radius 1 is 1.00 bits per heavy atom. The van der Waals surface area contributed by atoms with E-state index in [4.69, 9.17) is 0 Å². The SMILES string of the molecule is CN1CCC[Si](C)(C)C(=O)C(CC(F)(F)C(F)(F)C(F)(F)C(F)(F)F)C1. The highest BCUT2D eigenvalue weighted by Crippen LogP contribution is 2.54. The van der Waals surface area contributed by atoms with Gasteiger partial charge in [-0.2, -0.15) is 39.5 Å². The zero-order chi connectivity index (χ0) is 20.8. The lowest BCUT2D eigenvalue weighted by atomic mass is 9.93. The van der Waals surface area contributed by atoms with Crippen LogP contribution >= 0.6 is 0 Å². The van der Waals surface area contributed by atoms with Gasteiger partial charge in [-0.25, -0.2) is 0 Å². The molecule has 0 N–H and O–H groups in total. The van der Waals surface area contributed by atoms with Crippen molar-refractivity contribution in [2.75, 3.05) is 20.1 Å². The molecule has 0 aliphatic carbocycles. The van der Waals surface area contributed by atoms with Crippen LogP contribution in [0.4, 0.5) is 39.5 Å². The highest BCUT2D eigenvalue weighted by Gasteiger charge is 2.81. The van der Waals surface area contributed by atoms with Gasteiger partial charge in [0.05, 0.1) is 0 Å². The Balaban J connectivity index is 3.20. The highest BCUT2D eigenvalue weighted by atomic mass is 28.3. The average Bonchev–Trinajstić information content (AvgIpc) is 2.42. The van der Waals surface area contributed by atoms with Crippen molar-refractivity contribution in [3.05, 3.63) is 0 Å². The fourth-order valence-corrected chi connectivity index (χ4v) is 5.61. The second kappa shape index (κ2) is 6.99. The maximum atomic E-state index is 13.9. The van der Waals surface area contributed by atoms with Gasteiger partial charge in [0.2, 0.25) is 0 Å². The fourth-order valence-electron chi connectivity index (χ4n) is 3.02. The summed E-state index contributed by atoms with van der Waals surface area (Å²) >= 11 is 0. The summed E-state index contributed by atoms with van der Waals surface area (Å²) in [5, 5.41) is -0.727. The smallest absolute Gasteiger partial charge is 0.306 e. The zero-order valence-electron chi connectivity index (χ0n) is 14.4. The third-order valence-corrected chi connectivity index (χ3v) is 7.97. The first-order chi connectivity index (χ1) is 11.4.